The maximum Gasteiger partial charge on any atom is 0.155 e. The molecule has 3 aromatic heterocycles. The molecule has 2 aliphatic heterocycles. The Morgan fingerprint density at radius 3 is 2.28 bits per heavy atom. The van der Waals surface area contributed by atoms with Gasteiger partial charge in [-0.05, 0) is 73.8 Å². The van der Waals surface area contributed by atoms with E-state index in [-0.39, 0.29) is 5.82 Å². The van der Waals surface area contributed by atoms with Crippen molar-refractivity contribution in [2.45, 2.75) is 6.92 Å². The zero-order valence-electron chi connectivity index (χ0n) is 18.2. The first kappa shape index (κ1) is 19.4. The standard InChI is InChI=1S/C25H25FN6/c1-16-11-22-28-23(17-3-5-21(26)6-4-17)24(18-7-9-27-10-8-18)32(22)29-25(16)31-14-19-12-30(2)13-20(19)15-31/h3-11,19-20H,12-15H2,1-2H3. The number of benzene rings is 1. The van der Waals surface area contributed by atoms with E-state index in [9.17, 15) is 4.39 Å². The molecule has 2 saturated heterocycles. The van der Waals surface area contributed by atoms with Crippen molar-refractivity contribution in [2.24, 2.45) is 11.8 Å². The molecule has 1 aromatic carbocycles. The molecule has 0 amide bonds. The van der Waals surface area contributed by atoms with Gasteiger partial charge in [0.2, 0.25) is 0 Å². The van der Waals surface area contributed by atoms with E-state index in [4.69, 9.17) is 10.1 Å². The highest BCUT2D eigenvalue weighted by Gasteiger charge is 2.39. The van der Waals surface area contributed by atoms with E-state index in [1.807, 2.05) is 16.6 Å². The van der Waals surface area contributed by atoms with Gasteiger partial charge in [0.25, 0.3) is 0 Å². The minimum atomic E-state index is -0.260. The van der Waals surface area contributed by atoms with Crippen LogP contribution in [0.2, 0.25) is 0 Å². The maximum absolute atomic E-state index is 13.6. The van der Waals surface area contributed by atoms with Crippen LogP contribution in [0.25, 0.3) is 28.2 Å². The Hall–Kier alpha value is -3.32. The topological polar surface area (TPSA) is 49.6 Å². The number of hydrogen-bond acceptors (Lipinski definition) is 5. The summed E-state index contributed by atoms with van der Waals surface area (Å²) in [6, 6.07) is 12.5. The summed E-state index contributed by atoms with van der Waals surface area (Å²) in [5, 5.41) is 5.12. The Kier molecular flexibility index (Phi) is 4.47. The molecule has 6 rings (SSSR count). The lowest BCUT2D eigenvalue weighted by Gasteiger charge is -2.22. The van der Waals surface area contributed by atoms with Crippen molar-refractivity contribution in [2.75, 3.05) is 38.1 Å². The highest BCUT2D eigenvalue weighted by molar-refractivity contribution is 5.82. The van der Waals surface area contributed by atoms with Crippen LogP contribution >= 0.6 is 0 Å². The number of aryl methyl sites for hydroxylation is 1. The lowest BCUT2D eigenvalue weighted by Crippen LogP contribution is -2.28. The zero-order chi connectivity index (χ0) is 21.8. The molecule has 2 aliphatic rings. The average Bonchev–Trinajstić information content (AvgIpc) is 3.44. The van der Waals surface area contributed by atoms with Crippen molar-refractivity contribution < 1.29 is 4.39 Å². The van der Waals surface area contributed by atoms with E-state index in [2.05, 4.69) is 34.8 Å². The molecule has 2 atom stereocenters. The van der Waals surface area contributed by atoms with Crippen molar-refractivity contribution in [1.82, 2.24) is 24.5 Å². The third-order valence-corrected chi connectivity index (χ3v) is 6.81. The van der Waals surface area contributed by atoms with Gasteiger partial charge in [-0.25, -0.2) is 13.9 Å². The number of imidazole rings is 1. The van der Waals surface area contributed by atoms with E-state index in [0.29, 0.717) is 11.8 Å². The highest BCUT2D eigenvalue weighted by Crippen LogP contribution is 2.36. The van der Waals surface area contributed by atoms with Gasteiger partial charge in [-0.2, -0.15) is 0 Å². The van der Waals surface area contributed by atoms with E-state index in [0.717, 1.165) is 65.7 Å². The molecule has 2 fully saturated rings. The van der Waals surface area contributed by atoms with Crippen molar-refractivity contribution in [3.05, 3.63) is 66.2 Å². The first-order valence-corrected chi connectivity index (χ1v) is 11.1. The predicted molar refractivity (Wildman–Crippen MR) is 123 cm³/mol. The fraction of sp³-hybridized carbons (Fsp3) is 0.320. The molecular weight excluding hydrogens is 403 g/mol. The van der Waals surface area contributed by atoms with E-state index >= 15 is 0 Å². The van der Waals surface area contributed by atoms with Gasteiger partial charge in [0.05, 0.1) is 5.69 Å². The van der Waals surface area contributed by atoms with Gasteiger partial charge in [-0.1, -0.05) is 0 Å². The summed E-state index contributed by atoms with van der Waals surface area (Å²) >= 11 is 0. The number of pyridine rings is 1. The number of hydrogen-bond donors (Lipinski definition) is 0. The smallest absolute Gasteiger partial charge is 0.155 e. The Labute approximate surface area is 186 Å². The third kappa shape index (κ3) is 3.15. The second-order valence-corrected chi connectivity index (χ2v) is 9.12. The van der Waals surface area contributed by atoms with E-state index < -0.39 is 0 Å². The molecule has 162 valence electrons. The normalized spacial score (nSPS) is 20.9. The highest BCUT2D eigenvalue weighted by atomic mass is 19.1. The summed E-state index contributed by atoms with van der Waals surface area (Å²) in [5.74, 6) is 2.17. The van der Waals surface area contributed by atoms with E-state index in [1.54, 1.807) is 24.5 Å². The fourth-order valence-electron chi connectivity index (χ4n) is 5.35. The first-order valence-electron chi connectivity index (χ1n) is 11.1. The van der Waals surface area contributed by atoms with Gasteiger partial charge in [-0.3, -0.25) is 4.98 Å². The van der Waals surface area contributed by atoms with Crippen LogP contribution < -0.4 is 4.90 Å². The monoisotopic (exact) mass is 428 g/mol. The summed E-state index contributed by atoms with van der Waals surface area (Å²) < 4.78 is 15.5. The summed E-state index contributed by atoms with van der Waals surface area (Å²) in [6.07, 6.45) is 3.55. The number of likely N-dealkylation sites (tertiary alicyclic amines) is 1. The Morgan fingerprint density at radius 2 is 1.59 bits per heavy atom. The lowest BCUT2D eigenvalue weighted by atomic mass is 10.0. The Bertz CT molecular complexity index is 1270. The molecular formula is C25H25FN6. The molecule has 6 nitrogen and oxygen atoms in total. The molecule has 32 heavy (non-hydrogen) atoms. The van der Waals surface area contributed by atoms with Crippen molar-refractivity contribution >= 4 is 11.5 Å². The van der Waals surface area contributed by atoms with Crippen molar-refractivity contribution in [3.8, 4) is 22.5 Å². The second kappa shape index (κ2) is 7.38. The summed E-state index contributed by atoms with van der Waals surface area (Å²) in [4.78, 5) is 14.0. The van der Waals surface area contributed by atoms with Gasteiger partial charge in [0.1, 0.15) is 11.5 Å². The van der Waals surface area contributed by atoms with Crippen molar-refractivity contribution in [3.63, 3.8) is 0 Å². The number of halogens is 1. The van der Waals surface area contributed by atoms with Crippen LogP contribution in [-0.2, 0) is 0 Å². The van der Waals surface area contributed by atoms with Crippen LogP contribution in [0.3, 0.4) is 0 Å². The Balaban J connectivity index is 1.50. The number of anilines is 1. The number of aromatic nitrogens is 4. The number of rotatable bonds is 3. The molecule has 4 aromatic rings. The molecule has 0 saturated carbocycles. The van der Waals surface area contributed by atoms with Crippen LogP contribution in [-0.4, -0.2) is 57.7 Å². The molecule has 5 heterocycles. The number of nitrogens with zero attached hydrogens (tertiary/aromatic N) is 6. The summed E-state index contributed by atoms with van der Waals surface area (Å²) in [5.41, 5.74) is 5.45. The molecule has 0 N–H and O–H groups in total. The van der Waals surface area contributed by atoms with Gasteiger partial charge in [0.15, 0.2) is 11.5 Å². The van der Waals surface area contributed by atoms with Gasteiger partial charge in [-0.15, -0.1) is 5.10 Å². The third-order valence-electron chi connectivity index (χ3n) is 6.81. The summed E-state index contributed by atoms with van der Waals surface area (Å²) in [7, 11) is 2.21. The quantitative estimate of drug-likeness (QED) is 0.495. The predicted octanol–water partition coefficient (Wildman–Crippen LogP) is 3.90. The molecule has 0 bridgehead atoms. The largest absolute Gasteiger partial charge is 0.354 e. The minimum absolute atomic E-state index is 0.260. The molecule has 0 radical (unpaired) electrons. The summed E-state index contributed by atoms with van der Waals surface area (Å²) in [6.45, 7) is 6.51. The fourth-order valence-corrected chi connectivity index (χ4v) is 5.35. The maximum atomic E-state index is 13.6. The lowest BCUT2D eigenvalue weighted by molar-refractivity contribution is 0.386. The van der Waals surface area contributed by atoms with Gasteiger partial charge in [0, 0.05) is 49.7 Å². The van der Waals surface area contributed by atoms with Gasteiger partial charge < -0.3 is 9.80 Å². The average molecular weight is 429 g/mol. The van der Waals surface area contributed by atoms with E-state index in [1.165, 1.54) is 12.1 Å². The van der Waals surface area contributed by atoms with Crippen LogP contribution in [0.1, 0.15) is 5.56 Å². The van der Waals surface area contributed by atoms with Crippen LogP contribution in [0.15, 0.2) is 54.9 Å². The molecule has 7 heteroatoms. The second-order valence-electron chi connectivity index (χ2n) is 9.12. The molecule has 2 unspecified atom stereocenters. The van der Waals surface area contributed by atoms with Crippen molar-refractivity contribution in [1.29, 1.82) is 0 Å². The van der Waals surface area contributed by atoms with Gasteiger partial charge >= 0.3 is 0 Å². The zero-order valence-corrected chi connectivity index (χ0v) is 18.2. The van der Waals surface area contributed by atoms with Crippen LogP contribution in [0.4, 0.5) is 10.2 Å². The minimum Gasteiger partial charge on any atom is -0.354 e. The van der Waals surface area contributed by atoms with Crippen LogP contribution in [0, 0.1) is 24.6 Å². The molecule has 0 aliphatic carbocycles. The van der Waals surface area contributed by atoms with Crippen LogP contribution in [0.5, 0.6) is 0 Å². The Morgan fingerprint density at radius 1 is 0.906 bits per heavy atom. The number of fused-ring (bicyclic) bond motifs is 2. The SMILES string of the molecule is Cc1cc2nc(-c3ccc(F)cc3)c(-c3ccncc3)n2nc1N1CC2CN(C)CC2C1. The molecule has 0 spiro atoms. The first-order chi connectivity index (χ1) is 15.6.